The Balaban J connectivity index is 0.000000720. The number of fused-ring (bicyclic) bond motifs is 1. The van der Waals surface area contributed by atoms with Gasteiger partial charge in [0, 0.05) is 6.04 Å². The van der Waals surface area contributed by atoms with Gasteiger partial charge in [0.2, 0.25) is 0 Å². The van der Waals surface area contributed by atoms with E-state index in [2.05, 4.69) is 24.1 Å². The largest absolute Gasteiger partial charge is 1.00 e. The van der Waals surface area contributed by atoms with Crippen LogP contribution in [0, 0.1) is 5.92 Å². The molecule has 2 rings (SSSR count). The molecule has 2 saturated heterocycles. The van der Waals surface area contributed by atoms with Gasteiger partial charge in [-0.25, -0.2) is 0 Å². The Labute approximate surface area is 118 Å². The molecule has 2 atom stereocenters. The molecule has 3 heteroatoms. The Morgan fingerprint density at radius 1 is 1.33 bits per heavy atom. The summed E-state index contributed by atoms with van der Waals surface area (Å²) in [5.41, 5.74) is 0. The standard InChI is InChI=1S/C9H17N2.K/c1-7(2)11-5-8-3-4-10-9(8)6-11;/h7-9H,3-6H2,1-2H3;/q-1;+1. The predicted octanol–water partition coefficient (Wildman–Crippen LogP) is -1.52. The first-order valence-electron chi connectivity index (χ1n) is 4.68. The van der Waals surface area contributed by atoms with Crippen LogP contribution in [0.3, 0.4) is 0 Å². The zero-order valence-corrected chi connectivity index (χ0v) is 11.6. The predicted molar refractivity (Wildman–Crippen MR) is 46.8 cm³/mol. The van der Waals surface area contributed by atoms with Crippen LogP contribution in [0.4, 0.5) is 0 Å². The molecule has 2 aliphatic rings. The number of likely N-dealkylation sites (tertiary alicyclic amines) is 1. The van der Waals surface area contributed by atoms with Gasteiger partial charge in [0.05, 0.1) is 0 Å². The molecule has 0 aliphatic carbocycles. The third-order valence-electron chi connectivity index (χ3n) is 3.03. The molecule has 0 N–H and O–H groups in total. The van der Waals surface area contributed by atoms with E-state index in [1.807, 2.05) is 0 Å². The zero-order valence-electron chi connectivity index (χ0n) is 8.45. The summed E-state index contributed by atoms with van der Waals surface area (Å²) >= 11 is 0. The van der Waals surface area contributed by atoms with Gasteiger partial charge < -0.3 is 10.2 Å². The first-order chi connectivity index (χ1) is 5.27. The molecular weight excluding hydrogens is 175 g/mol. The molecule has 0 amide bonds. The van der Waals surface area contributed by atoms with E-state index in [-0.39, 0.29) is 51.4 Å². The second kappa shape index (κ2) is 4.87. The summed E-state index contributed by atoms with van der Waals surface area (Å²) in [4.78, 5) is 2.55. The summed E-state index contributed by atoms with van der Waals surface area (Å²) in [6.07, 6.45) is 1.34. The summed E-state index contributed by atoms with van der Waals surface area (Å²) in [5, 5.41) is 4.59. The molecule has 2 unspecified atom stereocenters. The van der Waals surface area contributed by atoms with Gasteiger partial charge in [-0.2, -0.15) is 0 Å². The van der Waals surface area contributed by atoms with Crippen LogP contribution < -0.4 is 51.4 Å². The van der Waals surface area contributed by atoms with Crippen LogP contribution in [0.1, 0.15) is 20.3 Å². The molecule has 2 heterocycles. The van der Waals surface area contributed by atoms with E-state index in [1.54, 1.807) is 0 Å². The van der Waals surface area contributed by atoms with Crippen molar-refractivity contribution in [2.45, 2.75) is 32.4 Å². The third kappa shape index (κ3) is 2.32. The summed E-state index contributed by atoms with van der Waals surface area (Å²) in [6.45, 7) is 8.21. The van der Waals surface area contributed by atoms with Crippen molar-refractivity contribution in [3.05, 3.63) is 5.32 Å². The van der Waals surface area contributed by atoms with Gasteiger partial charge in [-0.3, -0.25) is 0 Å². The third-order valence-corrected chi connectivity index (χ3v) is 3.03. The van der Waals surface area contributed by atoms with Gasteiger partial charge >= 0.3 is 51.4 Å². The van der Waals surface area contributed by atoms with Crippen molar-refractivity contribution in [2.75, 3.05) is 19.6 Å². The number of rotatable bonds is 1. The van der Waals surface area contributed by atoms with Crippen molar-refractivity contribution in [1.82, 2.24) is 4.90 Å². The monoisotopic (exact) mass is 192 g/mol. The molecule has 0 aromatic carbocycles. The molecule has 0 aromatic heterocycles. The Morgan fingerprint density at radius 2 is 2.08 bits per heavy atom. The Morgan fingerprint density at radius 3 is 2.67 bits per heavy atom. The molecule has 0 radical (unpaired) electrons. The molecule has 12 heavy (non-hydrogen) atoms. The zero-order chi connectivity index (χ0) is 7.84. The smallest absolute Gasteiger partial charge is 0.658 e. The van der Waals surface area contributed by atoms with Crippen LogP contribution in [0.15, 0.2) is 0 Å². The van der Waals surface area contributed by atoms with Crippen molar-refractivity contribution < 1.29 is 51.4 Å². The van der Waals surface area contributed by atoms with Crippen LogP contribution in [-0.2, 0) is 0 Å². The van der Waals surface area contributed by atoms with E-state index in [9.17, 15) is 0 Å². The minimum atomic E-state index is 0. The van der Waals surface area contributed by atoms with Crippen LogP contribution >= 0.6 is 0 Å². The molecule has 0 saturated carbocycles. The van der Waals surface area contributed by atoms with E-state index >= 15 is 0 Å². The molecule has 0 spiro atoms. The minimum absolute atomic E-state index is 0. The van der Waals surface area contributed by atoms with E-state index in [0.717, 1.165) is 18.5 Å². The fourth-order valence-corrected chi connectivity index (χ4v) is 2.21. The van der Waals surface area contributed by atoms with Crippen LogP contribution in [-0.4, -0.2) is 36.6 Å². The second-order valence-electron chi connectivity index (χ2n) is 4.07. The SMILES string of the molecule is CC(C)N1CC2CC[N-]C2C1.[K+]. The van der Waals surface area contributed by atoms with E-state index in [1.165, 1.54) is 19.5 Å². The first kappa shape index (κ1) is 11.6. The molecular formula is C9H17KN2. The van der Waals surface area contributed by atoms with Gasteiger partial charge in [-0.05, 0) is 32.9 Å². The maximum absolute atomic E-state index is 4.59. The number of nitrogens with zero attached hydrogens (tertiary/aromatic N) is 2. The van der Waals surface area contributed by atoms with Crippen molar-refractivity contribution in [3.8, 4) is 0 Å². The van der Waals surface area contributed by atoms with Crippen LogP contribution in [0.2, 0.25) is 0 Å². The topological polar surface area (TPSA) is 17.3 Å². The fourth-order valence-electron chi connectivity index (χ4n) is 2.21. The van der Waals surface area contributed by atoms with Gasteiger partial charge in [0.1, 0.15) is 0 Å². The van der Waals surface area contributed by atoms with Crippen molar-refractivity contribution in [2.24, 2.45) is 5.92 Å². The van der Waals surface area contributed by atoms with Gasteiger partial charge in [-0.15, -0.1) is 12.6 Å². The fraction of sp³-hybridized carbons (Fsp3) is 1.00. The van der Waals surface area contributed by atoms with E-state index in [4.69, 9.17) is 0 Å². The van der Waals surface area contributed by atoms with E-state index < -0.39 is 0 Å². The van der Waals surface area contributed by atoms with Crippen LogP contribution in [0.25, 0.3) is 5.32 Å². The van der Waals surface area contributed by atoms with Crippen LogP contribution in [0.5, 0.6) is 0 Å². The molecule has 2 fully saturated rings. The van der Waals surface area contributed by atoms with Gasteiger partial charge in [0.25, 0.3) is 0 Å². The van der Waals surface area contributed by atoms with E-state index in [0.29, 0.717) is 6.04 Å². The average molecular weight is 192 g/mol. The maximum Gasteiger partial charge on any atom is 1.00 e. The second-order valence-corrected chi connectivity index (χ2v) is 4.07. The van der Waals surface area contributed by atoms with Gasteiger partial charge in [-0.1, -0.05) is 6.42 Å². The molecule has 64 valence electrons. The summed E-state index contributed by atoms with van der Waals surface area (Å²) < 4.78 is 0. The summed E-state index contributed by atoms with van der Waals surface area (Å²) in [5.74, 6) is 0.900. The van der Waals surface area contributed by atoms with Gasteiger partial charge in [0.15, 0.2) is 0 Å². The van der Waals surface area contributed by atoms with Crippen molar-refractivity contribution in [1.29, 1.82) is 0 Å². The summed E-state index contributed by atoms with van der Waals surface area (Å²) in [6, 6.07) is 1.41. The quantitative estimate of drug-likeness (QED) is 0.461. The minimum Gasteiger partial charge on any atom is -0.658 e. The Kier molecular flexibility index (Phi) is 4.72. The molecule has 0 aromatic rings. The Hall–Kier alpha value is 1.56. The average Bonchev–Trinajstić information content (AvgIpc) is 2.40. The normalized spacial score (nSPS) is 35.2. The molecule has 2 nitrogen and oxygen atoms in total. The van der Waals surface area contributed by atoms with Crippen molar-refractivity contribution >= 4 is 0 Å². The number of hydrogen-bond donors (Lipinski definition) is 0. The summed E-state index contributed by atoms with van der Waals surface area (Å²) in [7, 11) is 0. The number of hydrogen-bond acceptors (Lipinski definition) is 1. The maximum atomic E-state index is 4.59. The Bertz CT molecular complexity index is 137. The van der Waals surface area contributed by atoms with Crippen molar-refractivity contribution in [3.63, 3.8) is 0 Å². The molecule has 0 bridgehead atoms. The first-order valence-corrected chi connectivity index (χ1v) is 4.68. The molecule has 2 aliphatic heterocycles.